The molecule has 3 fully saturated rings. The summed E-state index contributed by atoms with van der Waals surface area (Å²) in [6.07, 6.45) is 9.32. The molecule has 0 unspecified atom stereocenters. The van der Waals surface area contributed by atoms with Gasteiger partial charge < -0.3 is 23.6 Å². The van der Waals surface area contributed by atoms with Crippen molar-refractivity contribution in [2.45, 2.75) is 116 Å². The molecule has 0 spiro atoms. The van der Waals surface area contributed by atoms with Gasteiger partial charge in [0.2, 0.25) is 11.8 Å². The van der Waals surface area contributed by atoms with Gasteiger partial charge in [0.05, 0.1) is 24.5 Å². The van der Waals surface area contributed by atoms with E-state index in [0.29, 0.717) is 37.4 Å². The first-order valence-electron chi connectivity index (χ1n) is 20.1. The van der Waals surface area contributed by atoms with Crippen LogP contribution in [0.1, 0.15) is 97.0 Å². The molecule has 2 amide bonds. The van der Waals surface area contributed by atoms with E-state index in [1.165, 1.54) is 10.4 Å². The van der Waals surface area contributed by atoms with Crippen molar-refractivity contribution < 1.29 is 33.2 Å². The minimum absolute atomic E-state index is 0.0460. The van der Waals surface area contributed by atoms with Gasteiger partial charge in [0.25, 0.3) is 8.32 Å². The molecule has 3 aromatic rings. The molecule has 8 nitrogen and oxygen atoms in total. The van der Waals surface area contributed by atoms with E-state index in [4.69, 9.17) is 13.5 Å². The number of fused-ring (bicyclic) bond motifs is 3. The number of amides is 2. The molecule has 2 aromatic carbocycles. The van der Waals surface area contributed by atoms with E-state index in [1.54, 1.807) is 11.0 Å². The molecule has 54 heavy (non-hydrogen) atoms. The smallest absolute Gasteiger partial charge is 0.455 e. The Kier molecular flexibility index (Phi) is 11.7. The molecule has 4 aliphatic rings. The zero-order chi connectivity index (χ0) is 38.0. The Balaban J connectivity index is 1.29. The minimum atomic E-state index is -2.94. The molecule has 286 valence electrons. The highest BCUT2D eigenvalue weighted by molar-refractivity contribution is 6.99. The predicted molar refractivity (Wildman–Crippen MR) is 214 cm³/mol. The number of carbonyl (C=O) groups excluding carboxylic acids is 2. The number of nitrogens with zero attached hydrogens (tertiary/aromatic N) is 1. The van der Waals surface area contributed by atoms with Crippen LogP contribution in [0, 0.1) is 17.8 Å². The Labute approximate surface area is 321 Å². The zero-order valence-corrected chi connectivity index (χ0v) is 33.3. The van der Waals surface area contributed by atoms with Gasteiger partial charge >= 0.3 is 7.12 Å². The van der Waals surface area contributed by atoms with Gasteiger partial charge in [-0.2, -0.15) is 0 Å². The second kappa shape index (κ2) is 16.3. The number of rotatable bonds is 12. The normalized spacial score (nSPS) is 24.3. The number of hydrogen-bond acceptors (Lipinski definition) is 7. The summed E-state index contributed by atoms with van der Waals surface area (Å²) in [6.45, 7) is 9.07. The van der Waals surface area contributed by atoms with Gasteiger partial charge in [-0.3, -0.25) is 14.5 Å². The third kappa shape index (κ3) is 7.40. The number of furan rings is 1. The average Bonchev–Trinajstić information content (AvgIpc) is 3.74. The number of allylic oxidation sites excluding steroid dienone is 1. The van der Waals surface area contributed by atoms with Crippen molar-refractivity contribution in [3.63, 3.8) is 0 Å². The van der Waals surface area contributed by atoms with Crippen LogP contribution in [0.2, 0.25) is 11.4 Å². The monoisotopic (exact) mass is 749 g/mol. The van der Waals surface area contributed by atoms with Crippen molar-refractivity contribution in [3.8, 4) is 0 Å². The SMILES string of the molecule is CC/C(=C\c1ccc(CO)o1)CC[C@H]1OB(O)C[C@H]2C1=C(CO[Si](c1ccccc1)(c1ccccc1)C(C)(C)C)C[C@H]1C(=O)N(C3CCCCC3)C(=O)[C@H]12. The molecule has 0 bridgehead atoms. The molecule has 10 heteroatoms. The molecule has 0 radical (unpaired) electrons. The Morgan fingerprint density at radius 2 is 1.61 bits per heavy atom. The molecule has 2 saturated heterocycles. The van der Waals surface area contributed by atoms with Crippen LogP contribution < -0.4 is 10.4 Å². The Hall–Kier alpha value is -3.54. The van der Waals surface area contributed by atoms with Crippen molar-refractivity contribution in [2.75, 3.05) is 6.61 Å². The van der Waals surface area contributed by atoms with Gasteiger partial charge in [0, 0.05) is 6.04 Å². The number of imide groups is 1. The largest absolute Gasteiger partial charge is 0.459 e. The fourth-order valence-electron chi connectivity index (χ4n) is 10.0. The maximum Gasteiger partial charge on any atom is 0.455 e. The molecular weight excluding hydrogens is 693 g/mol. The molecule has 4 atom stereocenters. The lowest BCUT2D eigenvalue weighted by Gasteiger charge is -2.46. The molecule has 3 heterocycles. The number of benzene rings is 2. The summed E-state index contributed by atoms with van der Waals surface area (Å²) in [4.78, 5) is 30.5. The number of aliphatic hydroxyl groups excluding tert-OH is 1. The van der Waals surface area contributed by atoms with Crippen molar-refractivity contribution >= 4 is 43.7 Å². The fourth-order valence-corrected chi connectivity index (χ4v) is 14.5. The standard InChI is InChI=1S/C44H56BNO7Si/c1-5-30(25-33-22-23-34(28-47)52-33)21-24-39-40-31(29-51-54(44(2,3)4,35-17-11-7-12-18-35)36-19-13-8-14-20-36)26-37-41(38(40)27-45(50)53-39)43(49)46(42(37)48)32-15-9-6-10-16-32/h7-8,11-14,17-20,22-23,25,32,37-39,41,47,50H,5-6,9-10,15-16,21,24,26-29H2,1-4H3/b30-25+/t37-,38+,39-,41-/m1/s1. The average molecular weight is 750 g/mol. The molecule has 2 N–H and O–H groups in total. The van der Waals surface area contributed by atoms with E-state index in [9.17, 15) is 19.7 Å². The van der Waals surface area contributed by atoms with E-state index in [1.807, 2.05) is 24.3 Å². The molecule has 7 rings (SSSR count). The van der Waals surface area contributed by atoms with Crippen molar-refractivity contribution in [1.29, 1.82) is 0 Å². The Bertz CT molecular complexity index is 1800. The summed E-state index contributed by atoms with van der Waals surface area (Å²) >= 11 is 0. The highest BCUT2D eigenvalue weighted by atomic mass is 28.4. The van der Waals surface area contributed by atoms with Gasteiger partial charge in [-0.25, -0.2) is 0 Å². The highest BCUT2D eigenvalue weighted by Gasteiger charge is 2.59. The molecular formula is C44H56BNO7Si. The van der Waals surface area contributed by atoms with Crippen LogP contribution in [0.25, 0.3) is 6.08 Å². The second-order valence-electron chi connectivity index (χ2n) is 16.8. The molecule has 2 aliphatic carbocycles. The molecule has 2 aliphatic heterocycles. The van der Waals surface area contributed by atoms with Gasteiger partial charge in [-0.15, -0.1) is 0 Å². The maximum atomic E-state index is 14.5. The van der Waals surface area contributed by atoms with Crippen LogP contribution in [0.5, 0.6) is 0 Å². The lowest BCUT2D eigenvalue weighted by Crippen LogP contribution is -2.66. The van der Waals surface area contributed by atoms with Crippen LogP contribution in [-0.2, 0) is 25.3 Å². The summed E-state index contributed by atoms with van der Waals surface area (Å²) in [5.41, 5.74) is 3.24. The van der Waals surface area contributed by atoms with Crippen LogP contribution in [0.15, 0.2) is 93.9 Å². The van der Waals surface area contributed by atoms with E-state index in [0.717, 1.165) is 55.2 Å². The summed E-state index contributed by atoms with van der Waals surface area (Å²) in [5.74, 6) is -0.194. The summed E-state index contributed by atoms with van der Waals surface area (Å²) < 4.78 is 19.7. The maximum absolute atomic E-state index is 14.5. The highest BCUT2D eigenvalue weighted by Crippen LogP contribution is 2.52. The Morgan fingerprint density at radius 3 is 2.20 bits per heavy atom. The third-order valence-electron chi connectivity index (χ3n) is 12.5. The van der Waals surface area contributed by atoms with E-state index >= 15 is 0 Å². The second-order valence-corrected chi connectivity index (χ2v) is 21.1. The van der Waals surface area contributed by atoms with E-state index in [-0.39, 0.29) is 41.7 Å². The summed E-state index contributed by atoms with van der Waals surface area (Å²) in [7, 11) is -3.98. The first-order valence-corrected chi connectivity index (χ1v) is 22.0. The van der Waals surface area contributed by atoms with Gasteiger partial charge in [-0.1, -0.05) is 113 Å². The van der Waals surface area contributed by atoms with E-state index < -0.39 is 33.4 Å². The fraction of sp³-hybridized carbons (Fsp3) is 0.500. The number of hydrogen-bond donors (Lipinski definition) is 2. The summed E-state index contributed by atoms with van der Waals surface area (Å²) in [6, 6.07) is 24.8. The quantitative estimate of drug-likeness (QED) is 0.116. The molecule has 1 saturated carbocycles. The number of likely N-dealkylation sites (tertiary alicyclic amines) is 1. The predicted octanol–water partition coefficient (Wildman–Crippen LogP) is 7.05. The first kappa shape index (κ1) is 38.7. The van der Waals surface area contributed by atoms with Crippen LogP contribution in [0.4, 0.5) is 0 Å². The van der Waals surface area contributed by atoms with Gasteiger partial charge in [0.15, 0.2) is 0 Å². The summed E-state index contributed by atoms with van der Waals surface area (Å²) in [5, 5.41) is 23.0. The number of carbonyl (C=O) groups is 2. The van der Waals surface area contributed by atoms with Gasteiger partial charge in [-0.05, 0) is 95.5 Å². The van der Waals surface area contributed by atoms with Crippen LogP contribution in [0.3, 0.4) is 0 Å². The zero-order valence-electron chi connectivity index (χ0n) is 32.3. The Morgan fingerprint density at radius 1 is 0.944 bits per heavy atom. The van der Waals surface area contributed by atoms with Crippen molar-refractivity contribution in [3.05, 3.63) is 101 Å². The lowest BCUT2D eigenvalue weighted by molar-refractivity contribution is -0.143. The lowest BCUT2D eigenvalue weighted by atomic mass is 9.58. The topological polar surface area (TPSA) is 109 Å². The van der Waals surface area contributed by atoms with Crippen LogP contribution >= 0.6 is 0 Å². The number of aliphatic hydroxyl groups is 1. The van der Waals surface area contributed by atoms with Crippen LogP contribution in [-0.4, -0.2) is 61.0 Å². The van der Waals surface area contributed by atoms with Crippen molar-refractivity contribution in [1.82, 2.24) is 4.90 Å². The first-order chi connectivity index (χ1) is 26.1. The van der Waals surface area contributed by atoms with Gasteiger partial charge in [0.1, 0.15) is 18.1 Å². The van der Waals surface area contributed by atoms with E-state index in [2.05, 4.69) is 76.2 Å². The molecule has 1 aromatic heterocycles. The van der Waals surface area contributed by atoms with Crippen molar-refractivity contribution in [2.24, 2.45) is 17.8 Å². The minimum Gasteiger partial charge on any atom is -0.459 e. The third-order valence-corrected chi connectivity index (χ3v) is 17.5.